The fraction of sp³-hybridized carbons (Fsp3) is 0.979. The number of hydrogen-bond donors (Lipinski definition) is 2. The minimum Gasteiger partial charge on any atom is -0.379 e. The first kappa shape index (κ1) is 75.3. The summed E-state index contributed by atoms with van der Waals surface area (Å²) in [5, 5.41) is 15.2. The van der Waals surface area contributed by atoms with Crippen LogP contribution in [0.5, 0.6) is 0 Å². The maximum Gasteiger partial charge on any atom is 0.222 e. The molecule has 3 N–H and O–H groups in total. The van der Waals surface area contributed by atoms with Crippen molar-refractivity contribution in [3.63, 3.8) is 0 Å². The minimum atomic E-state index is -0.335. The van der Waals surface area contributed by atoms with Crippen molar-refractivity contribution < 1.29 is 134 Å². The van der Waals surface area contributed by atoms with Crippen molar-refractivity contribution in [3.8, 4) is 0 Å². The molecule has 77 heavy (non-hydrogen) atoms. The molecule has 0 aromatic heterocycles. The van der Waals surface area contributed by atoms with Crippen LogP contribution >= 0.6 is 0 Å². The second-order valence-corrected chi connectivity index (χ2v) is 14.8. The molecule has 0 aliphatic carbocycles. The molecule has 0 heterocycles. The van der Waals surface area contributed by atoms with Gasteiger partial charge in [0.1, 0.15) is 13.4 Å². The lowest BCUT2D eigenvalue weighted by Gasteiger charge is -2.09. The number of amides is 1. The molecule has 30 heteroatoms. The van der Waals surface area contributed by atoms with Gasteiger partial charge in [-0.2, -0.15) is 9.78 Å². The van der Waals surface area contributed by atoms with Crippen molar-refractivity contribution in [2.75, 3.05) is 278 Å². The van der Waals surface area contributed by atoms with Gasteiger partial charge in [0.15, 0.2) is 20.4 Å². The van der Waals surface area contributed by atoms with E-state index >= 15 is 0 Å². The molecule has 30 nitrogen and oxygen atoms in total. The van der Waals surface area contributed by atoms with Crippen molar-refractivity contribution >= 4 is 5.91 Å². The average molecular weight is 1140 g/mol. The number of ether oxygens (including phenoxy) is 20. The molecule has 0 spiro atoms. The third-order valence-corrected chi connectivity index (χ3v) is 8.65. The van der Waals surface area contributed by atoms with Crippen LogP contribution in [-0.2, 0) is 134 Å². The van der Waals surface area contributed by atoms with Crippen LogP contribution in [0.15, 0.2) is 0 Å². The molecule has 0 aromatic rings. The number of rotatable bonds is 72. The van der Waals surface area contributed by atoms with Gasteiger partial charge in [0.2, 0.25) is 5.91 Å². The SMILES string of the molecule is CCOCOCOOOOOCOCOOCCOCCOCCOCCOCCOCCOCCOCCOCCOCCOCCOCCOCCOCCOCCC(=O)NCCCOCCOCCOCCCN. The lowest BCUT2D eigenvalue weighted by atomic mass is 10.4. The molecule has 0 aliphatic heterocycles. The van der Waals surface area contributed by atoms with E-state index in [-0.39, 0.29) is 39.7 Å². The molecular weight excluding hydrogens is 1040 g/mol. The second kappa shape index (κ2) is 72.4. The molecule has 0 radical (unpaired) electrons. The summed E-state index contributed by atoms with van der Waals surface area (Å²) >= 11 is 0. The van der Waals surface area contributed by atoms with Gasteiger partial charge in [-0.05, 0) is 41.4 Å². The Hall–Kier alpha value is -1.65. The van der Waals surface area contributed by atoms with Gasteiger partial charge in [0.25, 0.3) is 0 Å². The molecule has 0 atom stereocenters. The molecule has 0 aromatic carbocycles. The zero-order chi connectivity index (χ0) is 55.2. The predicted molar refractivity (Wildman–Crippen MR) is 266 cm³/mol. The summed E-state index contributed by atoms with van der Waals surface area (Å²) in [6.07, 6.45) is 1.88. The van der Waals surface area contributed by atoms with Crippen LogP contribution in [0.4, 0.5) is 0 Å². The van der Waals surface area contributed by atoms with E-state index < -0.39 is 0 Å². The highest BCUT2D eigenvalue weighted by atomic mass is 17.8. The molecule has 0 fully saturated rings. The van der Waals surface area contributed by atoms with Gasteiger partial charge in [0.05, 0.1) is 211 Å². The van der Waals surface area contributed by atoms with Crippen LogP contribution in [0, 0.1) is 0 Å². The van der Waals surface area contributed by atoms with Gasteiger partial charge in [-0.25, -0.2) is 9.78 Å². The Labute approximate surface area is 454 Å². The molecule has 0 saturated carbocycles. The van der Waals surface area contributed by atoms with E-state index in [0.717, 1.165) is 12.8 Å². The van der Waals surface area contributed by atoms with Crippen molar-refractivity contribution in [2.45, 2.75) is 26.2 Å². The molecular formula is C47H96N2O28. The quantitative estimate of drug-likeness (QED) is 0.0353. The van der Waals surface area contributed by atoms with Gasteiger partial charge >= 0.3 is 0 Å². The van der Waals surface area contributed by atoms with Crippen LogP contribution in [-0.4, -0.2) is 284 Å². The molecule has 1 amide bonds. The highest BCUT2D eigenvalue weighted by Crippen LogP contribution is 1.93. The highest BCUT2D eigenvalue weighted by Gasteiger charge is 2.03. The van der Waals surface area contributed by atoms with E-state index in [0.29, 0.717) is 251 Å². The number of carbonyl (C=O) groups excluding carboxylic acids is 1. The minimum absolute atomic E-state index is 0.0526. The smallest absolute Gasteiger partial charge is 0.222 e. The van der Waals surface area contributed by atoms with Gasteiger partial charge in [-0.1, -0.05) is 0 Å². The van der Waals surface area contributed by atoms with Crippen LogP contribution < -0.4 is 11.1 Å². The van der Waals surface area contributed by atoms with E-state index in [1.807, 2.05) is 6.92 Å². The molecule has 0 rings (SSSR count). The zero-order valence-electron chi connectivity index (χ0n) is 45.8. The average Bonchev–Trinajstić information content (AvgIpc) is 3.44. The van der Waals surface area contributed by atoms with E-state index in [2.05, 4.69) is 30.2 Å². The van der Waals surface area contributed by atoms with E-state index in [4.69, 9.17) is 110 Å². The Kier molecular flexibility index (Phi) is 70.8. The Morgan fingerprint density at radius 2 is 0.571 bits per heavy atom. The van der Waals surface area contributed by atoms with Crippen molar-refractivity contribution in [1.82, 2.24) is 5.32 Å². The topological polar surface area (TPSA) is 304 Å². The summed E-state index contributed by atoms with van der Waals surface area (Å²) in [5.74, 6) is -0.0545. The Balaban J connectivity index is 3.11. The number of nitrogens with one attached hydrogen (secondary N) is 1. The van der Waals surface area contributed by atoms with E-state index in [1.54, 1.807) is 0 Å². The maximum atomic E-state index is 11.9. The highest BCUT2D eigenvalue weighted by molar-refractivity contribution is 5.75. The third-order valence-electron chi connectivity index (χ3n) is 8.65. The van der Waals surface area contributed by atoms with Crippen LogP contribution in [0.1, 0.15) is 26.2 Å². The first-order valence-corrected chi connectivity index (χ1v) is 26.3. The van der Waals surface area contributed by atoms with Crippen LogP contribution in [0.25, 0.3) is 0 Å². The lowest BCUT2D eigenvalue weighted by Crippen LogP contribution is -2.26. The first-order chi connectivity index (χ1) is 38.3. The Morgan fingerprint density at radius 3 is 0.909 bits per heavy atom. The summed E-state index contributed by atoms with van der Waals surface area (Å²) < 4.78 is 108. The van der Waals surface area contributed by atoms with E-state index in [1.165, 1.54) is 0 Å². The molecule has 0 unspecified atom stereocenters. The summed E-state index contributed by atoms with van der Waals surface area (Å²) in [7, 11) is 0. The molecule has 0 saturated heterocycles. The second-order valence-electron chi connectivity index (χ2n) is 14.8. The number of nitrogens with two attached hydrogens (primary N) is 1. The molecule has 0 aliphatic rings. The summed E-state index contributed by atoms with van der Waals surface area (Å²) in [4.78, 5) is 30.4. The van der Waals surface area contributed by atoms with Crippen molar-refractivity contribution in [2.24, 2.45) is 5.73 Å². The normalized spacial score (nSPS) is 11.7. The fourth-order valence-corrected chi connectivity index (χ4v) is 4.93. The standard InChI is InChI=1S/C47H96N2O28/c1-2-51-43-69-45-73-75-77-76-74-46-70-44-72-71-42-41-68-40-39-67-38-37-66-36-35-65-34-33-64-32-31-63-30-29-62-28-27-61-26-25-60-24-23-59-22-21-58-20-19-57-18-17-56-16-13-54-10-5-47(50)49-7-4-9-53-12-15-55-14-11-52-8-3-6-48/h2-46,48H2,1H3,(H,49,50). The van der Waals surface area contributed by atoms with Gasteiger partial charge in [-0.15, -0.1) is 0 Å². The molecule has 0 bridgehead atoms. The van der Waals surface area contributed by atoms with Crippen molar-refractivity contribution in [3.05, 3.63) is 0 Å². The van der Waals surface area contributed by atoms with Gasteiger partial charge < -0.3 is 106 Å². The van der Waals surface area contributed by atoms with Crippen molar-refractivity contribution in [1.29, 1.82) is 0 Å². The number of hydrogen-bond acceptors (Lipinski definition) is 29. The fourth-order valence-electron chi connectivity index (χ4n) is 4.93. The monoisotopic (exact) mass is 1140 g/mol. The predicted octanol–water partition coefficient (Wildman–Crippen LogP) is 0.105. The summed E-state index contributed by atoms with van der Waals surface area (Å²) in [6.45, 7) is 18.7. The Morgan fingerprint density at radius 1 is 0.286 bits per heavy atom. The zero-order valence-corrected chi connectivity index (χ0v) is 45.8. The Bertz CT molecular complexity index is 1080. The largest absolute Gasteiger partial charge is 0.379 e. The maximum absolute atomic E-state index is 11.9. The van der Waals surface area contributed by atoms with Gasteiger partial charge in [-0.3, -0.25) is 4.79 Å². The lowest BCUT2D eigenvalue weighted by molar-refractivity contribution is -0.717. The van der Waals surface area contributed by atoms with Crippen LogP contribution in [0.3, 0.4) is 0 Å². The molecule has 462 valence electrons. The third kappa shape index (κ3) is 72.3. The first-order valence-electron chi connectivity index (χ1n) is 26.3. The summed E-state index contributed by atoms with van der Waals surface area (Å²) in [6, 6.07) is 0. The number of carbonyl (C=O) groups is 1. The summed E-state index contributed by atoms with van der Waals surface area (Å²) in [5.41, 5.74) is 5.41. The van der Waals surface area contributed by atoms with Crippen LogP contribution in [0.2, 0.25) is 0 Å². The van der Waals surface area contributed by atoms with E-state index in [9.17, 15) is 4.79 Å². The van der Waals surface area contributed by atoms with Gasteiger partial charge in [0, 0.05) is 32.8 Å².